The number of anilines is 1. The van der Waals surface area contributed by atoms with E-state index in [-0.39, 0.29) is 43.0 Å². The summed E-state index contributed by atoms with van der Waals surface area (Å²) in [5.41, 5.74) is 0.343. The summed E-state index contributed by atoms with van der Waals surface area (Å²) in [7, 11) is 1.44. The summed E-state index contributed by atoms with van der Waals surface area (Å²) in [4.78, 5) is 38.9. The number of hydrogen-bond acceptors (Lipinski definition) is 9. The monoisotopic (exact) mass is 638 g/mol. The number of amides is 2. The molecule has 1 aliphatic rings. The molecule has 1 unspecified atom stereocenters. The summed E-state index contributed by atoms with van der Waals surface area (Å²) < 4.78 is 25.1. The zero-order valence-electron chi connectivity index (χ0n) is 23.2. The molecule has 1 heterocycles. The number of ether oxygens (including phenoxy) is 5. The minimum absolute atomic E-state index is 0.0184. The van der Waals surface area contributed by atoms with Crippen LogP contribution in [0.2, 0.25) is 0 Å². The molecule has 2 atom stereocenters. The third kappa shape index (κ3) is 12.5. The van der Waals surface area contributed by atoms with Gasteiger partial charge in [0.1, 0.15) is 13.2 Å². The molecule has 41 heavy (non-hydrogen) atoms. The lowest BCUT2D eigenvalue weighted by molar-refractivity contribution is -0.142. The van der Waals surface area contributed by atoms with Crippen molar-refractivity contribution >= 4 is 58.5 Å². The molecule has 230 valence electrons. The van der Waals surface area contributed by atoms with Crippen LogP contribution in [-0.2, 0) is 19.0 Å². The fourth-order valence-electron chi connectivity index (χ4n) is 4.09. The summed E-state index contributed by atoms with van der Waals surface area (Å²) >= 11 is 16.8. The maximum Gasteiger partial charge on any atom is 0.411 e. The van der Waals surface area contributed by atoms with Crippen LogP contribution in [0.25, 0.3) is 0 Å². The van der Waals surface area contributed by atoms with Gasteiger partial charge in [-0.1, -0.05) is 47.5 Å². The molecule has 2 N–H and O–H groups in total. The summed E-state index contributed by atoms with van der Waals surface area (Å²) in [5.74, 6) is -0.181. The Bertz CT molecular complexity index is 1040. The van der Waals surface area contributed by atoms with Gasteiger partial charge < -0.3 is 33.7 Å². The van der Waals surface area contributed by atoms with Crippen LogP contribution in [0, 0.1) is 0 Å². The van der Waals surface area contributed by atoms with Crippen molar-refractivity contribution in [2.24, 2.45) is 0 Å². The minimum Gasteiger partial charge on any atom is -0.493 e. The first-order chi connectivity index (χ1) is 19.4. The molecule has 0 aliphatic carbocycles. The van der Waals surface area contributed by atoms with Gasteiger partial charge in [0.05, 0.1) is 37.6 Å². The number of unbranched alkanes of at least 4 members (excludes halogenated alkanes) is 2. The van der Waals surface area contributed by atoms with E-state index in [2.05, 4.69) is 11.9 Å². The van der Waals surface area contributed by atoms with E-state index in [9.17, 15) is 19.5 Å². The van der Waals surface area contributed by atoms with Gasteiger partial charge in [-0.3, -0.25) is 14.9 Å². The Kier molecular flexibility index (Phi) is 14.8. The number of methoxy groups -OCH3 is 1. The molecular formula is C27H37Cl3N2O9. The number of esters is 1. The van der Waals surface area contributed by atoms with Crippen LogP contribution in [0.3, 0.4) is 0 Å². The summed E-state index contributed by atoms with van der Waals surface area (Å²) in [5, 5.41) is 12.4. The van der Waals surface area contributed by atoms with Gasteiger partial charge in [0.25, 0.3) is 5.91 Å². The zero-order chi connectivity index (χ0) is 30.4. The molecule has 2 rings (SSSR count). The number of hydrogen-bond donors (Lipinski definition) is 2. The van der Waals surface area contributed by atoms with E-state index in [1.54, 1.807) is 4.90 Å². The van der Waals surface area contributed by atoms with E-state index in [0.29, 0.717) is 56.8 Å². The Labute approximate surface area is 254 Å². The van der Waals surface area contributed by atoms with Gasteiger partial charge >= 0.3 is 12.1 Å². The van der Waals surface area contributed by atoms with E-state index in [1.165, 1.54) is 32.2 Å². The molecule has 0 bridgehead atoms. The molecule has 14 heteroatoms. The number of likely N-dealkylation sites (tertiary alicyclic amines) is 1. The second kappa shape index (κ2) is 17.5. The number of benzene rings is 1. The Balaban J connectivity index is 2.10. The minimum atomic E-state index is -1.59. The number of nitrogens with zero attached hydrogens (tertiary/aromatic N) is 1. The fourth-order valence-corrected chi connectivity index (χ4v) is 4.28. The SMILES string of the molecule is C=CCOC(=O)Nc1cc(OCCCCCC(O)OCC(Cl)(Cl)Cl)c(OC)cc1C(=O)N1CCC[C@H]1COC(C)=O. The molecule has 1 aromatic rings. The summed E-state index contributed by atoms with van der Waals surface area (Å²) in [6.45, 7) is 5.45. The highest BCUT2D eigenvalue weighted by Gasteiger charge is 2.32. The van der Waals surface area contributed by atoms with E-state index in [4.69, 9.17) is 58.5 Å². The first-order valence-electron chi connectivity index (χ1n) is 13.2. The zero-order valence-corrected chi connectivity index (χ0v) is 25.4. The maximum atomic E-state index is 13.6. The average Bonchev–Trinajstić information content (AvgIpc) is 3.39. The number of aliphatic hydroxyl groups is 1. The number of carbonyl (C=O) groups excluding carboxylic acids is 3. The molecule has 0 aromatic heterocycles. The molecule has 1 fully saturated rings. The van der Waals surface area contributed by atoms with E-state index in [0.717, 1.165) is 6.42 Å². The van der Waals surface area contributed by atoms with Crippen molar-refractivity contribution < 1.29 is 43.2 Å². The molecule has 1 saturated heterocycles. The van der Waals surface area contributed by atoms with Crippen molar-refractivity contribution in [1.82, 2.24) is 4.90 Å². The number of alkyl halides is 3. The van der Waals surface area contributed by atoms with E-state index in [1.807, 2.05) is 0 Å². The lowest BCUT2D eigenvalue weighted by Crippen LogP contribution is -2.39. The predicted molar refractivity (Wildman–Crippen MR) is 155 cm³/mol. The predicted octanol–water partition coefficient (Wildman–Crippen LogP) is 5.24. The third-order valence-corrected chi connectivity index (χ3v) is 6.34. The van der Waals surface area contributed by atoms with Crippen LogP contribution in [0.15, 0.2) is 24.8 Å². The standard InChI is InChI=1S/C27H37Cl3N2O9/c1-4-12-39-26(36)31-21-15-23(38-13-7-5-6-10-24(34)41-17-27(28,29)30)22(37-3)14-20(21)25(35)32-11-8-9-19(32)16-40-18(2)33/h4,14-15,19,24,34H,1,5-13,16-17H2,2-3H3,(H,31,36)/t19-,24?/m0/s1. The Hall–Kier alpha value is -2.44. The number of rotatable bonds is 16. The summed E-state index contributed by atoms with van der Waals surface area (Å²) in [6, 6.07) is 2.72. The topological polar surface area (TPSA) is 133 Å². The number of aliphatic hydroxyl groups excluding tert-OH is 1. The molecule has 0 saturated carbocycles. The Morgan fingerprint density at radius 3 is 2.61 bits per heavy atom. The number of halogens is 3. The quantitative estimate of drug-likeness (QED) is 0.0819. The molecule has 2 amide bonds. The summed E-state index contributed by atoms with van der Waals surface area (Å²) in [6.07, 6.45) is 3.37. The molecule has 11 nitrogen and oxygen atoms in total. The number of nitrogens with one attached hydrogen (secondary N) is 1. The lowest BCUT2D eigenvalue weighted by Gasteiger charge is -2.26. The average molecular weight is 640 g/mol. The highest BCUT2D eigenvalue weighted by molar-refractivity contribution is 6.67. The van der Waals surface area contributed by atoms with E-state index < -0.39 is 22.1 Å². The van der Waals surface area contributed by atoms with Gasteiger partial charge in [-0.25, -0.2) is 4.79 Å². The van der Waals surface area contributed by atoms with Crippen molar-refractivity contribution in [1.29, 1.82) is 0 Å². The van der Waals surface area contributed by atoms with Crippen LogP contribution in [0.1, 0.15) is 55.8 Å². The smallest absolute Gasteiger partial charge is 0.411 e. The third-order valence-electron chi connectivity index (χ3n) is 6.01. The first kappa shape index (κ1) is 34.8. The van der Waals surface area contributed by atoms with Gasteiger partial charge in [0.15, 0.2) is 17.8 Å². The van der Waals surface area contributed by atoms with Crippen molar-refractivity contribution in [3.8, 4) is 11.5 Å². The maximum absolute atomic E-state index is 13.6. The van der Waals surface area contributed by atoms with Crippen molar-refractivity contribution in [3.63, 3.8) is 0 Å². The first-order valence-corrected chi connectivity index (χ1v) is 14.3. The largest absolute Gasteiger partial charge is 0.493 e. The van der Waals surface area contributed by atoms with Gasteiger partial charge in [-0.2, -0.15) is 0 Å². The van der Waals surface area contributed by atoms with Crippen LogP contribution >= 0.6 is 34.8 Å². The molecule has 0 spiro atoms. The molecule has 1 aliphatic heterocycles. The van der Waals surface area contributed by atoms with Gasteiger partial charge in [-0.05, 0) is 44.6 Å². The second-order valence-corrected chi connectivity index (χ2v) is 11.8. The van der Waals surface area contributed by atoms with E-state index >= 15 is 0 Å². The second-order valence-electron chi connectivity index (χ2n) is 9.24. The van der Waals surface area contributed by atoms with Gasteiger partial charge in [0, 0.05) is 19.5 Å². The van der Waals surface area contributed by atoms with Crippen molar-refractivity contribution in [2.75, 3.05) is 45.4 Å². The van der Waals surface area contributed by atoms with Gasteiger partial charge in [-0.15, -0.1) is 0 Å². The van der Waals surface area contributed by atoms with Crippen LogP contribution in [-0.4, -0.2) is 84.2 Å². The molecular weight excluding hydrogens is 603 g/mol. The molecule has 0 radical (unpaired) electrons. The fraction of sp³-hybridized carbons (Fsp3) is 0.593. The lowest BCUT2D eigenvalue weighted by atomic mass is 10.1. The highest BCUT2D eigenvalue weighted by Crippen LogP contribution is 2.36. The number of carbonyl (C=O) groups is 3. The Morgan fingerprint density at radius 1 is 1.20 bits per heavy atom. The van der Waals surface area contributed by atoms with Crippen molar-refractivity contribution in [3.05, 3.63) is 30.4 Å². The van der Waals surface area contributed by atoms with Crippen LogP contribution in [0.4, 0.5) is 10.5 Å². The highest BCUT2D eigenvalue weighted by atomic mass is 35.6. The Morgan fingerprint density at radius 2 is 1.95 bits per heavy atom. The van der Waals surface area contributed by atoms with Crippen LogP contribution in [0.5, 0.6) is 11.5 Å². The van der Waals surface area contributed by atoms with Crippen molar-refractivity contribution in [2.45, 2.75) is 61.6 Å². The van der Waals surface area contributed by atoms with Crippen LogP contribution < -0.4 is 14.8 Å². The molecule has 1 aromatic carbocycles. The normalized spacial score (nSPS) is 15.7. The van der Waals surface area contributed by atoms with Gasteiger partial charge in [0.2, 0.25) is 3.79 Å².